The van der Waals surface area contributed by atoms with Gasteiger partial charge < -0.3 is 5.32 Å². The first kappa shape index (κ1) is 18.0. The van der Waals surface area contributed by atoms with E-state index >= 15 is 0 Å². The third-order valence-corrected chi connectivity index (χ3v) is 9.23. The highest BCUT2D eigenvalue weighted by atomic mass is 28.3. The molecular formula is C19H24N8OSi. The summed E-state index contributed by atoms with van der Waals surface area (Å²) in [5.41, 5.74) is 4.10. The molecule has 10 heteroatoms. The highest BCUT2D eigenvalue weighted by Gasteiger charge is 2.35. The van der Waals surface area contributed by atoms with Gasteiger partial charge in [0.2, 0.25) is 5.95 Å². The molecule has 4 aromatic rings. The van der Waals surface area contributed by atoms with Crippen molar-refractivity contribution < 1.29 is 0 Å². The fourth-order valence-electron chi connectivity index (χ4n) is 4.35. The van der Waals surface area contributed by atoms with Crippen molar-refractivity contribution in [3.05, 3.63) is 40.8 Å². The van der Waals surface area contributed by atoms with Crippen molar-refractivity contribution in [3.63, 3.8) is 0 Å². The second kappa shape index (κ2) is 6.24. The van der Waals surface area contributed by atoms with Crippen LogP contribution in [0.15, 0.2) is 29.6 Å². The molecule has 1 fully saturated rings. The molecule has 0 saturated carbocycles. The van der Waals surface area contributed by atoms with Gasteiger partial charge in [-0.1, -0.05) is 19.1 Å². The molecular weight excluding hydrogens is 384 g/mol. The molecule has 29 heavy (non-hydrogen) atoms. The summed E-state index contributed by atoms with van der Waals surface area (Å²) in [5, 5.41) is 7.47. The molecule has 5 heterocycles. The molecule has 5 rings (SSSR count). The van der Waals surface area contributed by atoms with Crippen LogP contribution in [0.5, 0.6) is 0 Å². The fraction of sp³-hybridized carbons (Fsp3) is 0.421. The number of rotatable bonds is 3. The van der Waals surface area contributed by atoms with Gasteiger partial charge in [0.15, 0.2) is 11.3 Å². The molecule has 4 aromatic heterocycles. The first-order chi connectivity index (χ1) is 13.8. The normalized spacial score (nSPS) is 18.7. The number of pyridine rings is 1. The molecule has 150 valence electrons. The average Bonchev–Trinajstić information content (AvgIpc) is 3.33. The van der Waals surface area contributed by atoms with Crippen molar-refractivity contribution >= 4 is 36.5 Å². The Bertz CT molecular complexity index is 1300. The number of aromatic nitrogens is 7. The van der Waals surface area contributed by atoms with Crippen molar-refractivity contribution in [2.75, 3.05) is 5.32 Å². The van der Waals surface area contributed by atoms with Crippen LogP contribution in [-0.2, 0) is 7.05 Å². The number of anilines is 2. The molecule has 0 aromatic carbocycles. The van der Waals surface area contributed by atoms with Crippen molar-refractivity contribution in [3.8, 4) is 0 Å². The van der Waals surface area contributed by atoms with E-state index < -0.39 is 8.07 Å². The van der Waals surface area contributed by atoms with Gasteiger partial charge in [0.25, 0.3) is 0 Å². The van der Waals surface area contributed by atoms with Crippen molar-refractivity contribution in [2.45, 2.75) is 44.6 Å². The van der Waals surface area contributed by atoms with Gasteiger partial charge in [-0.25, -0.2) is 19.3 Å². The summed E-state index contributed by atoms with van der Waals surface area (Å²) in [7, 11) is 0.558. The predicted molar refractivity (Wildman–Crippen MR) is 115 cm³/mol. The van der Waals surface area contributed by atoms with Crippen molar-refractivity contribution in [1.29, 1.82) is 0 Å². The minimum Gasteiger partial charge on any atom is -0.323 e. The maximum absolute atomic E-state index is 13.0. The van der Waals surface area contributed by atoms with E-state index in [4.69, 9.17) is 4.98 Å². The highest BCUT2D eigenvalue weighted by Crippen LogP contribution is 2.38. The number of fused-ring (bicyclic) bond motifs is 2. The quantitative estimate of drug-likeness (QED) is 0.524. The van der Waals surface area contributed by atoms with Crippen LogP contribution < -0.4 is 11.0 Å². The zero-order valence-electron chi connectivity index (χ0n) is 17.0. The monoisotopic (exact) mass is 408 g/mol. The Morgan fingerprint density at radius 1 is 1.28 bits per heavy atom. The van der Waals surface area contributed by atoms with E-state index in [2.05, 4.69) is 33.5 Å². The molecule has 1 N–H and O–H groups in total. The number of hydrogen-bond acceptors (Lipinski definition) is 6. The van der Waals surface area contributed by atoms with Gasteiger partial charge in [-0.2, -0.15) is 10.1 Å². The topological polar surface area (TPSA) is 94.9 Å². The minimum atomic E-state index is -1.23. The lowest BCUT2D eigenvalue weighted by Crippen LogP contribution is -2.27. The Balaban J connectivity index is 1.58. The highest BCUT2D eigenvalue weighted by molar-refractivity contribution is 6.78. The van der Waals surface area contributed by atoms with Crippen LogP contribution in [0.2, 0.25) is 25.2 Å². The summed E-state index contributed by atoms with van der Waals surface area (Å²) in [5.74, 6) is 0.467. The lowest BCUT2D eigenvalue weighted by atomic mass is 10.2. The summed E-state index contributed by atoms with van der Waals surface area (Å²) in [4.78, 5) is 26.4. The van der Waals surface area contributed by atoms with Gasteiger partial charge >= 0.3 is 5.69 Å². The largest absolute Gasteiger partial charge is 0.330 e. The van der Waals surface area contributed by atoms with Crippen LogP contribution >= 0.6 is 0 Å². The van der Waals surface area contributed by atoms with E-state index in [1.165, 1.54) is 12.4 Å². The molecule has 0 spiro atoms. The van der Waals surface area contributed by atoms with E-state index in [1.54, 1.807) is 22.3 Å². The number of imidazole rings is 1. The first-order valence-electron chi connectivity index (χ1n) is 9.83. The summed E-state index contributed by atoms with van der Waals surface area (Å²) < 4.78 is 5.24. The number of nitrogens with one attached hydrogen (secondary N) is 1. The minimum absolute atomic E-state index is 0.0108. The lowest BCUT2D eigenvalue weighted by Gasteiger charge is -2.16. The molecule has 1 aliphatic rings. The van der Waals surface area contributed by atoms with Crippen LogP contribution in [0, 0.1) is 6.92 Å². The van der Waals surface area contributed by atoms with Gasteiger partial charge in [-0.05, 0) is 31.0 Å². The fourth-order valence-corrected chi connectivity index (χ4v) is 7.33. The van der Waals surface area contributed by atoms with Crippen LogP contribution in [0.25, 0.3) is 16.8 Å². The van der Waals surface area contributed by atoms with Crippen LogP contribution in [0.1, 0.15) is 18.0 Å². The van der Waals surface area contributed by atoms with E-state index in [0.717, 1.165) is 34.9 Å². The first-order valence-corrected chi connectivity index (χ1v) is 13.2. The van der Waals surface area contributed by atoms with E-state index in [9.17, 15) is 4.79 Å². The molecule has 1 saturated heterocycles. The van der Waals surface area contributed by atoms with Crippen LogP contribution in [-0.4, -0.2) is 41.8 Å². The summed E-state index contributed by atoms with van der Waals surface area (Å²) >= 11 is 0. The molecule has 0 amide bonds. The Morgan fingerprint density at radius 2 is 2.10 bits per heavy atom. The van der Waals surface area contributed by atoms with E-state index in [1.807, 2.05) is 23.8 Å². The van der Waals surface area contributed by atoms with Crippen molar-refractivity contribution in [1.82, 2.24) is 33.7 Å². The molecule has 0 bridgehead atoms. The molecule has 0 unspecified atom stereocenters. The standard InChI is InChI=1S/C19H24N8OSi/c1-12-7-16-21-11-22-26(16)9-14(12)23-18-20-8-15-17(24-18)27(19(28)25(15)2)13-5-6-29(3,4)10-13/h7-9,11,13H,5-6,10H2,1-4H3,(H,20,23,24)/t13-/m0/s1. The van der Waals surface area contributed by atoms with Crippen molar-refractivity contribution in [2.24, 2.45) is 7.05 Å². The van der Waals surface area contributed by atoms with Gasteiger partial charge in [0, 0.05) is 21.2 Å². The van der Waals surface area contributed by atoms with Gasteiger partial charge in [-0.3, -0.25) is 9.13 Å². The Kier molecular flexibility index (Phi) is 3.88. The Hall–Kier alpha value is -3.01. The third kappa shape index (κ3) is 2.94. The van der Waals surface area contributed by atoms with Gasteiger partial charge in [0.05, 0.1) is 18.1 Å². The molecule has 1 atom stereocenters. The van der Waals surface area contributed by atoms with Crippen LogP contribution in [0.4, 0.5) is 11.6 Å². The molecule has 9 nitrogen and oxygen atoms in total. The zero-order valence-corrected chi connectivity index (χ0v) is 18.0. The molecule has 0 aliphatic carbocycles. The second-order valence-corrected chi connectivity index (χ2v) is 14.0. The third-order valence-electron chi connectivity index (χ3n) is 6.01. The second-order valence-electron chi connectivity index (χ2n) is 8.73. The maximum Gasteiger partial charge on any atom is 0.330 e. The smallest absolute Gasteiger partial charge is 0.323 e. The SMILES string of the molecule is Cc1cc2ncnn2cc1Nc1ncc2c(n1)n([C@H]1CC[Si](C)(C)C1)c(=O)n2C. The van der Waals surface area contributed by atoms with Crippen LogP contribution in [0.3, 0.4) is 0 Å². The summed E-state index contributed by atoms with van der Waals surface area (Å²) in [6.07, 6.45) is 6.17. The Morgan fingerprint density at radius 3 is 2.86 bits per heavy atom. The number of hydrogen-bond donors (Lipinski definition) is 1. The molecule has 0 radical (unpaired) electrons. The number of aryl methyl sites for hydroxylation is 2. The predicted octanol–water partition coefficient (Wildman–Crippen LogP) is 2.88. The summed E-state index contributed by atoms with van der Waals surface area (Å²) in [6, 6.07) is 4.54. The number of nitrogens with zero attached hydrogens (tertiary/aromatic N) is 7. The summed E-state index contributed by atoms with van der Waals surface area (Å²) in [6.45, 7) is 6.79. The van der Waals surface area contributed by atoms with Gasteiger partial charge in [-0.15, -0.1) is 0 Å². The lowest BCUT2D eigenvalue weighted by molar-refractivity contribution is 0.537. The van der Waals surface area contributed by atoms with E-state index in [0.29, 0.717) is 11.6 Å². The van der Waals surface area contributed by atoms with E-state index in [-0.39, 0.29) is 11.7 Å². The zero-order chi connectivity index (χ0) is 20.3. The average molecular weight is 409 g/mol. The Labute approximate surface area is 168 Å². The maximum atomic E-state index is 13.0. The van der Waals surface area contributed by atoms with Gasteiger partial charge in [0.1, 0.15) is 11.8 Å². The molecule has 1 aliphatic heterocycles.